The van der Waals surface area contributed by atoms with Crippen LogP contribution >= 0.6 is 0 Å². The van der Waals surface area contributed by atoms with Crippen LogP contribution in [0.15, 0.2) is 0 Å². The van der Waals surface area contributed by atoms with Crippen LogP contribution in [0.3, 0.4) is 0 Å². The van der Waals surface area contributed by atoms with Crippen molar-refractivity contribution in [1.82, 2.24) is 4.90 Å². The fraction of sp³-hybridized carbons (Fsp3) is 0.778. The molecule has 1 amide bonds. The molecule has 0 aliphatic carbocycles. The first-order valence-corrected chi connectivity index (χ1v) is 4.64. The molecule has 0 spiro atoms. The zero-order valence-electron chi connectivity index (χ0n) is 8.07. The van der Waals surface area contributed by atoms with E-state index in [1.807, 2.05) is 0 Å². The van der Waals surface area contributed by atoms with Gasteiger partial charge in [0.15, 0.2) is 6.17 Å². The lowest BCUT2D eigenvalue weighted by Crippen LogP contribution is -2.40. The van der Waals surface area contributed by atoms with Gasteiger partial charge >= 0.3 is 5.97 Å². The van der Waals surface area contributed by atoms with Crippen molar-refractivity contribution in [2.24, 2.45) is 5.92 Å². The lowest BCUT2D eigenvalue weighted by molar-refractivity contribution is -0.145. The maximum Gasteiger partial charge on any atom is 0.338 e. The van der Waals surface area contributed by atoms with Crippen molar-refractivity contribution in [1.29, 1.82) is 0 Å². The van der Waals surface area contributed by atoms with E-state index in [4.69, 9.17) is 5.11 Å². The van der Waals surface area contributed by atoms with Gasteiger partial charge in [0.25, 0.3) is 0 Å². The third-order valence-electron chi connectivity index (χ3n) is 2.63. The van der Waals surface area contributed by atoms with Gasteiger partial charge in [0, 0.05) is 25.9 Å². The highest BCUT2D eigenvalue weighted by molar-refractivity contribution is 5.74. The fourth-order valence-corrected chi connectivity index (χ4v) is 1.71. The van der Waals surface area contributed by atoms with Crippen molar-refractivity contribution < 1.29 is 19.1 Å². The second-order valence-electron chi connectivity index (χ2n) is 3.58. The quantitative estimate of drug-likeness (QED) is 0.717. The van der Waals surface area contributed by atoms with Crippen LogP contribution in [0.5, 0.6) is 0 Å². The molecule has 0 aromatic heterocycles. The molecule has 0 aromatic carbocycles. The smallest absolute Gasteiger partial charge is 0.338 e. The molecule has 1 aliphatic heterocycles. The summed E-state index contributed by atoms with van der Waals surface area (Å²) in [6.07, 6.45) is -0.913. The summed E-state index contributed by atoms with van der Waals surface area (Å²) in [5.74, 6) is -1.87. The van der Waals surface area contributed by atoms with Gasteiger partial charge in [0.1, 0.15) is 0 Å². The maximum atomic E-state index is 13.0. The fourth-order valence-electron chi connectivity index (χ4n) is 1.71. The summed E-state index contributed by atoms with van der Waals surface area (Å²) in [6, 6.07) is 0. The number of hydrogen-bond donors (Lipinski definition) is 1. The van der Waals surface area contributed by atoms with Crippen LogP contribution in [0.4, 0.5) is 4.39 Å². The van der Waals surface area contributed by atoms with Gasteiger partial charge in [0.05, 0.1) is 0 Å². The van der Waals surface area contributed by atoms with E-state index in [1.165, 1.54) is 6.92 Å². The Morgan fingerprint density at radius 1 is 1.43 bits per heavy atom. The van der Waals surface area contributed by atoms with Gasteiger partial charge in [-0.1, -0.05) is 0 Å². The van der Waals surface area contributed by atoms with E-state index in [-0.39, 0.29) is 5.91 Å². The zero-order valence-corrected chi connectivity index (χ0v) is 8.07. The molecule has 1 rings (SSSR count). The van der Waals surface area contributed by atoms with Crippen LogP contribution in [0, 0.1) is 5.92 Å². The molecule has 5 heteroatoms. The van der Waals surface area contributed by atoms with Crippen molar-refractivity contribution in [3.8, 4) is 0 Å². The number of carboxylic acids is 1. The number of halogens is 1. The van der Waals surface area contributed by atoms with Crippen molar-refractivity contribution >= 4 is 11.9 Å². The standard InChI is InChI=1S/C9H14FNO3/c1-6(12)11-4-2-7(3-5-11)8(10)9(13)14/h7-8H,2-5H2,1H3,(H,13,14). The molecule has 0 radical (unpaired) electrons. The zero-order chi connectivity index (χ0) is 10.7. The third kappa shape index (κ3) is 2.43. The molecule has 1 fully saturated rings. The number of carboxylic acid groups (broad SMARTS) is 1. The molecular formula is C9H14FNO3. The molecule has 4 nitrogen and oxygen atoms in total. The minimum Gasteiger partial charge on any atom is -0.479 e. The number of likely N-dealkylation sites (tertiary alicyclic amines) is 1. The summed E-state index contributed by atoms with van der Waals surface area (Å²) in [6.45, 7) is 2.39. The van der Waals surface area contributed by atoms with Crippen LogP contribution < -0.4 is 0 Å². The Labute approximate surface area is 81.7 Å². The average molecular weight is 203 g/mol. The molecule has 0 saturated carbocycles. The van der Waals surface area contributed by atoms with Gasteiger partial charge in [-0.3, -0.25) is 4.79 Å². The number of hydrogen-bond acceptors (Lipinski definition) is 2. The normalized spacial score (nSPS) is 20.6. The van der Waals surface area contributed by atoms with E-state index in [1.54, 1.807) is 4.90 Å². The Hall–Kier alpha value is -1.13. The second kappa shape index (κ2) is 4.39. The maximum absolute atomic E-state index is 13.0. The van der Waals surface area contributed by atoms with Crippen molar-refractivity contribution in [3.63, 3.8) is 0 Å². The van der Waals surface area contributed by atoms with Crippen molar-refractivity contribution in [2.45, 2.75) is 25.9 Å². The molecule has 1 unspecified atom stereocenters. The first-order valence-electron chi connectivity index (χ1n) is 4.64. The topological polar surface area (TPSA) is 57.6 Å². The third-order valence-corrected chi connectivity index (χ3v) is 2.63. The van der Waals surface area contributed by atoms with E-state index >= 15 is 0 Å². The van der Waals surface area contributed by atoms with E-state index in [9.17, 15) is 14.0 Å². The number of carbonyl (C=O) groups excluding carboxylic acids is 1. The van der Waals surface area contributed by atoms with Gasteiger partial charge in [-0.05, 0) is 12.8 Å². The molecule has 80 valence electrons. The number of alkyl halides is 1. The predicted molar refractivity (Wildman–Crippen MR) is 47.5 cm³/mol. The Morgan fingerprint density at radius 3 is 2.29 bits per heavy atom. The van der Waals surface area contributed by atoms with Crippen LogP contribution in [0.2, 0.25) is 0 Å². The van der Waals surface area contributed by atoms with Gasteiger partial charge < -0.3 is 10.0 Å². The number of carbonyl (C=O) groups is 2. The monoisotopic (exact) mass is 203 g/mol. The highest BCUT2D eigenvalue weighted by Crippen LogP contribution is 2.22. The minimum absolute atomic E-state index is 0.0332. The van der Waals surface area contributed by atoms with Gasteiger partial charge in [-0.15, -0.1) is 0 Å². The Balaban J connectivity index is 2.43. The Morgan fingerprint density at radius 2 is 1.93 bits per heavy atom. The summed E-state index contributed by atoms with van der Waals surface area (Å²) >= 11 is 0. The summed E-state index contributed by atoms with van der Waals surface area (Å²) in [5, 5.41) is 8.45. The van der Waals surface area contributed by atoms with E-state index in [2.05, 4.69) is 0 Å². The van der Waals surface area contributed by atoms with Gasteiger partial charge in [-0.25, -0.2) is 9.18 Å². The highest BCUT2D eigenvalue weighted by atomic mass is 19.1. The van der Waals surface area contributed by atoms with Gasteiger partial charge in [0.2, 0.25) is 5.91 Å². The summed E-state index contributed by atoms with van der Waals surface area (Å²) in [5.41, 5.74) is 0. The number of nitrogens with zero attached hydrogens (tertiary/aromatic N) is 1. The summed E-state index contributed by atoms with van der Waals surface area (Å²) in [4.78, 5) is 22.9. The van der Waals surface area contributed by atoms with Crippen LogP contribution in [0.25, 0.3) is 0 Å². The van der Waals surface area contributed by atoms with E-state index in [0.717, 1.165) is 0 Å². The number of amides is 1. The molecule has 1 N–H and O–H groups in total. The molecule has 1 heterocycles. The van der Waals surface area contributed by atoms with Gasteiger partial charge in [-0.2, -0.15) is 0 Å². The van der Waals surface area contributed by atoms with E-state index in [0.29, 0.717) is 25.9 Å². The Kier molecular flexibility index (Phi) is 3.43. The highest BCUT2D eigenvalue weighted by Gasteiger charge is 2.31. The van der Waals surface area contributed by atoms with Crippen LogP contribution in [0.1, 0.15) is 19.8 Å². The lowest BCUT2D eigenvalue weighted by atomic mass is 9.92. The molecule has 0 aromatic rings. The van der Waals surface area contributed by atoms with Crippen molar-refractivity contribution in [3.05, 3.63) is 0 Å². The van der Waals surface area contributed by atoms with Crippen LogP contribution in [-0.4, -0.2) is 41.1 Å². The SMILES string of the molecule is CC(=O)N1CCC(C(F)C(=O)O)CC1. The molecule has 14 heavy (non-hydrogen) atoms. The summed E-state index contributed by atoms with van der Waals surface area (Å²) in [7, 11) is 0. The molecule has 1 atom stereocenters. The van der Waals surface area contributed by atoms with Crippen molar-refractivity contribution in [2.75, 3.05) is 13.1 Å². The molecule has 1 aliphatic rings. The lowest BCUT2D eigenvalue weighted by Gasteiger charge is -2.31. The summed E-state index contributed by atoms with van der Waals surface area (Å²) < 4.78 is 13.0. The number of piperidine rings is 1. The van der Waals surface area contributed by atoms with E-state index < -0.39 is 18.1 Å². The minimum atomic E-state index is -1.79. The van der Waals surface area contributed by atoms with Crippen LogP contribution in [-0.2, 0) is 9.59 Å². The largest absolute Gasteiger partial charge is 0.479 e. The average Bonchev–Trinajstić information content (AvgIpc) is 2.16. The second-order valence-corrected chi connectivity index (χ2v) is 3.58. The number of rotatable bonds is 2. The predicted octanol–water partition coefficient (Wildman–Crippen LogP) is 0.668. The number of aliphatic carboxylic acids is 1. The molecule has 1 saturated heterocycles. The first kappa shape index (κ1) is 10.9. The Bertz CT molecular complexity index is 236. The molecule has 0 bridgehead atoms. The first-order chi connectivity index (χ1) is 6.52. The molecular weight excluding hydrogens is 189 g/mol.